The van der Waals surface area contributed by atoms with Gasteiger partial charge in [-0.25, -0.2) is 9.59 Å². The van der Waals surface area contributed by atoms with E-state index >= 15 is 0 Å². The van der Waals surface area contributed by atoms with E-state index in [1.807, 2.05) is 0 Å². The minimum absolute atomic E-state index is 0.0144. The monoisotopic (exact) mass is 238 g/mol. The summed E-state index contributed by atoms with van der Waals surface area (Å²) < 4.78 is 0. The molecule has 4 heteroatoms. The fraction of sp³-hybridized carbons (Fsp3) is 0.538. The molecule has 1 aliphatic carbocycles. The molecule has 4 nitrogen and oxygen atoms in total. The zero-order valence-corrected chi connectivity index (χ0v) is 9.82. The van der Waals surface area contributed by atoms with Crippen molar-refractivity contribution in [1.29, 1.82) is 0 Å². The standard InChI is InChI=1S/C13H18O4/c1-2-6-10(12(14)15)11(13(16)17)9-7-4-3-5-8-9/h2,9H,1,3-8H2,(H,14,15)(H,16,17). The number of rotatable bonds is 5. The summed E-state index contributed by atoms with van der Waals surface area (Å²) in [6, 6.07) is 0. The fourth-order valence-corrected chi connectivity index (χ4v) is 2.40. The second kappa shape index (κ2) is 6.23. The summed E-state index contributed by atoms with van der Waals surface area (Å²) >= 11 is 0. The van der Waals surface area contributed by atoms with Crippen molar-refractivity contribution >= 4 is 11.9 Å². The van der Waals surface area contributed by atoms with Crippen LogP contribution in [0.2, 0.25) is 0 Å². The summed E-state index contributed by atoms with van der Waals surface area (Å²) in [4.78, 5) is 22.4. The van der Waals surface area contributed by atoms with E-state index < -0.39 is 11.9 Å². The lowest BCUT2D eigenvalue weighted by atomic mass is 9.81. The van der Waals surface area contributed by atoms with Crippen molar-refractivity contribution in [3.05, 3.63) is 23.8 Å². The van der Waals surface area contributed by atoms with Gasteiger partial charge in [-0.05, 0) is 25.2 Å². The number of hydrogen-bond donors (Lipinski definition) is 2. The first-order valence-corrected chi connectivity index (χ1v) is 5.88. The highest BCUT2D eigenvalue weighted by molar-refractivity contribution is 5.99. The second-order valence-electron chi connectivity index (χ2n) is 4.33. The summed E-state index contributed by atoms with van der Waals surface area (Å²) in [6.07, 6.45) is 6.14. The Morgan fingerprint density at radius 2 is 1.71 bits per heavy atom. The highest BCUT2D eigenvalue weighted by atomic mass is 16.4. The van der Waals surface area contributed by atoms with E-state index in [0.717, 1.165) is 32.1 Å². The lowest BCUT2D eigenvalue weighted by molar-refractivity contribution is -0.136. The van der Waals surface area contributed by atoms with E-state index in [-0.39, 0.29) is 23.5 Å². The molecule has 0 aromatic heterocycles. The number of allylic oxidation sites excluding steroid dienone is 1. The maximum atomic E-state index is 11.3. The van der Waals surface area contributed by atoms with Crippen LogP contribution in [0.1, 0.15) is 38.5 Å². The van der Waals surface area contributed by atoms with Crippen molar-refractivity contribution in [1.82, 2.24) is 0 Å². The van der Waals surface area contributed by atoms with Crippen LogP contribution in [0.25, 0.3) is 0 Å². The first-order valence-electron chi connectivity index (χ1n) is 5.88. The fourth-order valence-electron chi connectivity index (χ4n) is 2.40. The molecule has 1 fully saturated rings. The van der Waals surface area contributed by atoms with Crippen LogP contribution in [-0.2, 0) is 9.59 Å². The third-order valence-corrected chi connectivity index (χ3v) is 3.18. The molecule has 0 atom stereocenters. The number of carboxylic acid groups (broad SMARTS) is 2. The molecule has 94 valence electrons. The number of carboxylic acids is 2. The van der Waals surface area contributed by atoms with Crippen molar-refractivity contribution in [3.63, 3.8) is 0 Å². The molecule has 0 aliphatic heterocycles. The van der Waals surface area contributed by atoms with Crippen LogP contribution in [0.15, 0.2) is 23.8 Å². The van der Waals surface area contributed by atoms with Gasteiger partial charge in [-0.1, -0.05) is 25.3 Å². The van der Waals surface area contributed by atoms with E-state index in [1.165, 1.54) is 6.08 Å². The molecular formula is C13H18O4. The van der Waals surface area contributed by atoms with Gasteiger partial charge >= 0.3 is 11.9 Å². The van der Waals surface area contributed by atoms with Gasteiger partial charge in [0.15, 0.2) is 0 Å². The van der Waals surface area contributed by atoms with Crippen molar-refractivity contribution < 1.29 is 19.8 Å². The minimum Gasteiger partial charge on any atom is -0.478 e. The van der Waals surface area contributed by atoms with Gasteiger partial charge in [0.1, 0.15) is 0 Å². The Bertz CT molecular complexity index is 348. The van der Waals surface area contributed by atoms with Gasteiger partial charge in [-0.2, -0.15) is 0 Å². The average molecular weight is 238 g/mol. The van der Waals surface area contributed by atoms with Crippen LogP contribution in [-0.4, -0.2) is 22.2 Å². The molecule has 0 bridgehead atoms. The molecular weight excluding hydrogens is 220 g/mol. The topological polar surface area (TPSA) is 74.6 Å². The summed E-state index contributed by atoms with van der Waals surface area (Å²) in [5, 5.41) is 18.3. The van der Waals surface area contributed by atoms with Crippen LogP contribution in [0.5, 0.6) is 0 Å². The predicted octanol–water partition coefficient (Wildman–Crippen LogP) is 2.61. The Labute approximate surface area is 101 Å². The van der Waals surface area contributed by atoms with Gasteiger partial charge in [-0.15, -0.1) is 6.58 Å². The lowest BCUT2D eigenvalue weighted by Crippen LogP contribution is -2.20. The summed E-state index contributed by atoms with van der Waals surface area (Å²) in [5.74, 6) is -2.36. The molecule has 0 unspecified atom stereocenters. The van der Waals surface area contributed by atoms with Crippen molar-refractivity contribution in [3.8, 4) is 0 Å². The average Bonchev–Trinajstić information content (AvgIpc) is 2.29. The van der Waals surface area contributed by atoms with E-state index in [0.29, 0.717) is 0 Å². The minimum atomic E-state index is -1.15. The van der Waals surface area contributed by atoms with E-state index in [9.17, 15) is 14.7 Å². The highest BCUT2D eigenvalue weighted by Crippen LogP contribution is 2.32. The maximum Gasteiger partial charge on any atom is 0.332 e. The van der Waals surface area contributed by atoms with Gasteiger partial charge in [-0.3, -0.25) is 0 Å². The second-order valence-corrected chi connectivity index (χ2v) is 4.33. The van der Waals surface area contributed by atoms with Crippen molar-refractivity contribution in [2.75, 3.05) is 0 Å². The molecule has 1 rings (SSSR count). The Balaban J connectivity index is 3.09. The molecule has 17 heavy (non-hydrogen) atoms. The lowest BCUT2D eigenvalue weighted by Gasteiger charge is -2.23. The highest BCUT2D eigenvalue weighted by Gasteiger charge is 2.28. The summed E-state index contributed by atoms with van der Waals surface area (Å²) in [7, 11) is 0. The van der Waals surface area contributed by atoms with E-state index in [2.05, 4.69) is 6.58 Å². The van der Waals surface area contributed by atoms with Gasteiger partial charge in [0.25, 0.3) is 0 Å². The van der Waals surface area contributed by atoms with Crippen LogP contribution < -0.4 is 0 Å². The van der Waals surface area contributed by atoms with Gasteiger partial charge in [0.05, 0.1) is 11.1 Å². The predicted molar refractivity (Wildman–Crippen MR) is 63.7 cm³/mol. The van der Waals surface area contributed by atoms with Crippen molar-refractivity contribution in [2.24, 2.45) is 5.92 Å². The molecule has 1 saturated carbocycles. The SMILES string of the molecule is C=CCC(C(=O)O)=C(C(=O)O)C1CCCCC1. The number of aliphatic carboxylic acids is 2. The molecule has 1 aliphatic rings. The largest absolute Gasteiger partial charge is 0.478 e. The van der Waals surface area contributed by atoms with Crippen LogP contribution in [0, 0.1) is 5.92 Å². The zero-order chi connectivity index (χ0) is 12.8. The van der Waals surface area contributed by atoms with Crippen molar-refractivity contribution in [2.45, 2.75) is 38.5 Å². The Hall–Kier alpha value is -1.58. The van der Waals surface area contributed by atoms with Crippen LogP contribution in [0.4, 0.5) is 0 Å². The first kappa shape index (κ1) is 13.5. The normalized spacial score (nSPS) is 18.4. The van der Waals surface area contributed by atoms with Gasteiger partial charge in [0.2, 0.25) is 0 Å². The zero-order valence-electron chi connectivity index (χ0n) is 9.82. The van der Waals surface area contributed by atoms with E-state index in [1.54, 1.807) is 0 Å². The van der Waals surface area contributed by atoms with Gasteiger partial charge < -0.3 is 10.2 Å². The quantitative estimate of drug-likeness (QED) is 0.570. The maximum absolute atomic E-state index is 11.3. The Morgan fingerprint density at radius 1 is 1.12 bits per heavy atom. The molecule has 0 aromatic carbocycles. The number of hydrogen-bond acceptors (Lipinski definition) is 2. The number of carbonyl (C=O) groups is 2. The summed E-state index contributed by atoms with van der Waals surface area (Å²) in [5.41, 5.74) is 0.0662. The Kier molecular flexibility index (Phi) is 4.94. The molecule has 0 spiro atoms. The van der Waals surface area contributed by atoms with Gasteiger partial charge in [0, 0.05) is 0 Å². The molecule has 0 aromatic rings. The molecule has 2 N–H and O–H groups in total. The first-order chi connectivity index (χ1) is 8.07. The molecule has 0 amide bonds. The molecule has 0 heterocycles. The molecule has 0 saturated heterocycles. The van der Waals surface area contributed by atoms with Crippen LogP contribution >= 0.6 is 0 Å². The third-order valence-electron chi connectivity index (χ3n) is 3.18. The molecule has 0 radical (unpaired) electrons. The summed E-state index contributed by atoms with van der Waals surface area (Å²) in [6.45, 7) is 3.48. The smallest absolute Gasteiger partial charge is 0.332 e. The van der Waals surface area contributed by atoms with E-state index in [4.69, 9.17) is 5.11 Å². The van der Waals surface area contributed by atoms with Crippen LogP contribution in [0.3, 0.4) is 0 Å². The third kappa shape index (κ3) is 3.44. The Morgan fingerprint density at radius 3 is 2.12 bits per heavy atom.